The van der Waals surface area contributed by atoms with Gasteiger partial charge in [0.05, 0.1) is 0 Å². The lowest BCUT2D eigenvalue weighted by atomic mass is 9.85. The Morgan fingerprint density at radius 1 is 0.232 bits per heavy atom. The van der Waals surface area contributed by atoms with Crippen LogP contribution in [0, 0.1) is 0 Å². The normalized spacial score (nSPS) is 11.9. The second-order valence-electron chi connectivity index (χ2n) is 14.8. The number of rotatable bonds is 4. The largest absolute Gasteiger partial charge is 0.135 e. The third-order valence-corrected chi connectivity index (χ3v) is 13.9. The van der Waals surface area contributed by atoms with Crippen molar-refractivity contribution in [1.29, 1.82) is 0 Å². The summed E-state index contributed by atoms with van der Waals surface area (Å²) in [6.07, 6.45) is 0. The summed E-state index contributed by atoms with van der Waals surface area (Å²) in [5.41, 5.74) is 10.00. The van der Waals surface area contributed by atoms with Crippen molar-refractivity contribution in [2.75, 3.05) is 0 Å². The van der Waals surface area contributed by atoms with Crippen molar-refractivity contribution in [2.45, 2.75) is 0 Å². The third kappa shape index (κ3) is 4.83. The fraction of sp³-hybridized carbons (Fsp3) is 0. The smallest absolute Gasteiger partial charge is 0.0370 e. The minimum Gasteiger partial charge on any atom is -0.135 e. The van der Waals surface area contributed by atoms with E-state index >= 15 is 0 Å². The first kappa shape index (κ1) is 31.7. The van der Waals surface area contributed by atoms with Crippen molar-refractivity contribution in [1.82, 2.24) is 0 Å². The molecular formula is C54H32S2. The maximum Gasteiger partial charge on any atom is 0.0370 e. The lowest BCUT2D eigenvalue weighted by molar-refractivity contribution is 1.61. The first-order chi connectivity index (χ1) is 27.8. The molecule has 2 heteroatoms. The Kier molecular flexibility index (Phi) is 7.07. The molecule has 0 atom stereocenters. The van der Waals surface area contributed by atoms with Crippen molar-refractivity contribution in [2.24, 2.45) is 0 Å². The Labute approximate surface area is 332 Å². The Morgan fingerprint density at radius 3 is 1.46 bits per heavy atom. The number of fused-ring (bicyclic) bond motifs is 10. The highest BCUT2D eigenvalue weighted by Crippen LogP contribution is 2.48. The quantitative estimate of drug-likeness (QED) is 0.157. The van der Waals surface area contributed by atoms with E-state index in [0.29, 0.717) is 0 Å². The second-order valence-corrected chi connectivity index (χ2v) is 16.9. The minimum atomic E-state index is 1.23. The van der Waals surface area contributed by atoms with E-state index in [9.17, 15) is 0 Å². The van der Waals surface area contributed by atoms with E-state index < -0.39 is 0 Å². The van der Waals surface area contributed by atoms with Gasteiger partial charge in [-0.1, -0.05) is 164 Å². The summed E-state index contributed by atoms with van der Waals surface area (Å²) < 4.78 is 5.40. The van der Waals surface area contributed by atoms with E-state index in [1.807, 2.05) is 22.7 Å². The van der Waals surface area contributed by atoms with Crippen molar-refractivity contribution in [3.8, 4) is 44.5 Å². The van der Waals surface area contributed by atoms with Crippen LogP contribution in [0.5, 0.6) is 0 Å². The molecule has 0 aliphatic carbocycles. The molecule has 0 saturated heterocycles. The maximum atomic E-state index is 2.45. The monoisotopic (exact) mass is 744 g/mol. The average molecular weight is 745 g/mol. The van der Waals surface area contributed by atoms with Gasteiger partial charge in [-0.25, -0.2) is 0 Å². The van der Waals surface area contributed by atoms with Gasteiger partial charge in [0.25, 0.3) is 0 Å². The van der Waals surface area contributed by atoms with Gasteiger partial charge >= 0.3 is 0 Å². The molecule has 0 bridgehead atoms. The highest BCUT2D eigenvalue weighted by molar-refractivity contribution is 7.28. The standard InChI is InChI=1S/C54H32S2/c1-2-13-33(14-3-1)36-15-12-16-37(29-36)53-43-22-8-6-20-41(43)52(42-21-7-9-23-44(42)53)35-27-25-34(26-28-35)45-31-51-54(40-19-5-4-17-38(40)45)47-30-46-39-18-10-11-24-48(39)55-49(46)32-50(47)56-51/h1-32H. The van der Waals surface area contributed by atoms with Gasteiger partial charge in [-0.2, -0.15) is 0 Å². The van der Waals surface area contributed by atoms with Gasteiger partial charge in [-0.15, -0.1) is 22.7 Å². The molecule has 2 aromatic heterocycles. The molecule has 0 fully saturated rings. The molecule has 56 heavy (non-hydrogen) atoms. The zero-order valence-corrected chi connectivity index (χ0v) is 31.9. The van der Waals surface area contributed by atoms with E-state index in [0.717, 1.165) is 0 Å². The van der Waals surface area contributed by atoms with Crippen LogP contribution in [-0.2, 0) is 0 Å². The van der Waals surface area contributed by atoms with Gasteiger partial charge in [-0.3, -0.25) is 0 Å². The van der Waals surface area contributed by atoms with Gasteiger partial charge in [0.15, 0.2) is 0 Å². The van der Waals surface area contributed by atoms with Gasteiger partial charge in [0.1, 0.15) is 0 Å². The molecule has 0 unspecified atom stereocenters. The van der Waals surface area contributed by atoms with Crippen molar-refractivity contribution < 1.29 is 0 Å². The van der Waals surface area contributed by atoms with Crippen LogP contribution in [0.1, 0.15) is 0 Å². The summed E-state index contributed by atoms with van der Waals surface area (Å²) in [6, 6.07) is 72.0. The Hall–Kier alpha value is -6.58. The number of benzene rings is 10. The molecule has 0 saturated carbocycles. The predicted molar refractivity (Wildman–Crippen MR) is 246 cm³/mol. The van der Waals surface area contributed by atoms with E-state index in [2.05, 4.69) is 194 Å². The Morgan fingerprint density at radius 2 is 0.750 bits per heavy atom. The third-order valence-electron chi connectivity index (χ3n) is 11.7. The Balaban J connectivity index is 1.02. The van der Waals surface area contributed by atoms with E-state index in [4.69, 9.17) is 0 Å². The molecule has 12 aromatic rings. The fourth-order valence-electron chi connectivity index (χ4n) is 9.15. The summed E-state index contributed by atoms with van der Waals surface area (Å²) in [7, 11) is 0. The van der Waals surface area contributed by atoms with Gasteiger partial charge < -0.3 is 0 Å². The predicted octanol–water partition coefficient (Wildman–Crippen LogP) is 16.5. The lowest BCUT2D eigenvalue weighted by Gasteiger charge is -2.18. The zero-order chi connectivity index (χ0) is 36.7. The molecule has 0 spiro atoms. The SMILES string of the molecule is c1ccc(-c2cccc(-c3c4ccccc4c(-c4ccc(-c5cc6sc7cc8sc9ccccc9c8cc7c6c6ccccc56)cc4)c4ccccc34)c2)cc1. The van der Waals surface area contributed by atoms with Gasteiger partial charge in [0, 0.05) is 40.3 Å². The van der Waals surface area contributed by atoms with Gasteiger partial charge in [0.2, 0.25) is 0 Å². The number of hydrogen-bond donors (Lipinski definition) is 0. The topological polar surface area (TPSA) is 0 Å². The molecule has 2 heterocycles. The van der Waals surface area contributed by atoms with Gasteiger partial charge in [-0.05, 0) is 107 Å². The number of hydrogen-bond acceptors (Lipinski definition) is 2. The molecule has 0 nitrogen and oxygen atoms in total. The van der Waals surface area contributed by atoms with Crippen LogP contribution in [0.25, 0.3) is 117 Å². The van der Waals surface area contributed by atoms with E-state index in [-0.39, 0.29) is 0 Å². The summed E-state index contributed by atoms with van der Waals surface area (Å²) in [5, 5.41) is 13.1. The molecule has 0 amide bonds. The molecule has 0 aliphatic rings. The average Bonchev–Trinajstić information content (AvgIpc) is 3.82. The summed E-state index contributed by atoms with van der Waals surface area (Å²) in [5.74, 6) is 0. The maximum absolute atomic E-state index is 2.45. The zero-order valence-electron chi connectivity index (χ0n) is 30.3. The van der Waals surface area contributed by atoms with Crippen LogP contribution in [0.15, 0.2) is 194 Å². The molecule has 12 rings (SSSR count). The van der Waals surface area contributed by atoms with Crippen LogP contribution < -0.4 is 0 Å². The highest BCUT2D eigenvalue weighted by atomic mass is 32.1. The fourth-order valence-corrected chi connectivity index (χ4v) is 11.5. The van der Waals surface area contributed by atoms with Crippen LogP contribution in [-0.4, -0.2) is 0 Å². The van der Waals surface area contributed by atoms with Crippen molar-refractivity contribution >= 4 is 95.3 Å². The van der Waals surface area contributed by atoms with Crippen LogP contribution in [0.4, 0.5) is 0 Å². The van der Waals surface area contributed by atoms with E-state index in [1.165, 1.54) is 117 Å². The first-order valence-electron chi connectivity index (χ1n) is 19.2. The lowest BCUT2D eigenvalue weighted by Crippen LogP contribution is -1.91. The Bertz CT molecular complexity index is 3450. The second kappa shape index (κ2) is 12.5. The summed E-state index contributed by atoms with van der Waals surface area (Å²) in [4.78, 5) is 0. The first-order valence-corrected chi connectivity index (χ1v) is 20.8. The van der Waals surface area contributed by atoms with Crippen LogP contribution in [0.3, 0.4) is 0 Å². The highest BCUT2D eigenvalue weighted by Gasteiger charge is 2.19. The molecule has 260 valence electrons. The summed E-state index contributed by atoms with van der Waals surface area (Å²) in [6.45, 7) is 0. The van der Waals surface area contributed by atoms with Crippen LogP contribution >= 0.6 is 22.7 Å². The summed E-state index contributed by atoms with van der Waals surface area (Å²) >= 11 is 3.81. The molecule has 10 aromatic carbocycles. The minimum absolute atomic E-state index is 1.23. The number of thiophene rings is 2. The molecule has 0 N–H and O–H groups in total. The van der Waals surface area contributed by atoms with Crippen LogP contribution in [0.2, 0.25) is 0 Å². The van der Waals surface area contributed by atoms with Crippen molar-refractivity contribution in [3.05, 3.63) is 194 Å². The molecule has 0 aliphatic heterocycles. The van der Waals surface area contributed by atoms with E-state index in [1.54, 1.807) is 0 Å². The van der Waals surface area contributed by atoms with Crippen molar-refractivity contribution in [3.63, 3.8) is 0 Å². The molecular weight excluding hydrogens is 713 g/mol. The molecule has 0 radical (unpaired) electrons.